The molecule has 23 heavy (non-hydrogen) atoms. The standard InChI is InChI=1S/C20H34O3/c1-2-3-4-5-10-13-16-19(21)17-14-11-8-6-7-9-12-15-18-20(22)23/h8,10-11,13-14,17,19,21H,2-7,9,12,15-16,18H2,1H3,(H,22,23)/b11-8-,13-10-,17-14+/t19-/m0/s1/i2D2,3D2,4D2,5D2,6D2,7D2,8D,9D2,10D,11D,12D2,13D,14D,15D2,16D2,17D,18D2,19D. The van der Waals surface area contributed by atoms with Gasteiger partial charge in [0.05, 0.1) is 15.7 Å². The third kappa shape index (κ3) is 18.6. The van der Waals surface area contributed by atoms with Crippen LogP contribution in [0.25, 0.3) is 0 Å². The molecule has 0 aliphatic heterocycles. The van der Waals surface area contributed by atoms with Gasteiger partial charge in [-0.25, -0.2) is 0 Å². The normalized spacial score (nSPS) is 42.8. The zero-order valence-electron chi connectivity index (χ0n) is 40.8. The van der Waals surface area contributed by atoms with E-state index in [-0.39, 0.29) is 0 Å². The molecule has 3 heteroatoms. The molecule has 0 aliphatic carbocycles. The zero-order chi connectivity index (χ0) is 43.0. The molecule has 0 spiro atoms. The van der Waals surface area contributed by atoms with Crippen molar-refractivity contribution in [1.29, 1.82) is 0 Å². The minimum Gasteiger partial charge on any atom is -0.481 e. The Labute approximate surface area is 182 Å². The van der Waals surface area contributed by atoms with E-state index in [0.29, 0.717) is 6.92 Å². The third-order valence-electron chi connectivity index (χ3n) is 1.34. The van der Waals surface area contributed by atoms with Gasteiger partial charge in [-0.15, -0.1) is 0 Å². The summed E-state index contributed by atoms with van der Waals surface area (Å²) in [5.41, 5.74) is 0. The monoisotopic (exact) mass is 351 g/mol. The van der Waals surface area contributed by atoms with Gasteiger partial charge in [-0.3, -0.25) is 4.79 Å². The Morgan fingerprint density at radius 2 is 1.78 bits per heavy atom. The molecule has 0 aromatic heterocycles. The fourth-order valence-electron chi connectivity index (χ4n) is 0.641. The van der Waals surface area contributed by atoms with Crippen LogP contribution in [0.3, 0.4) is 0 Å². The van der Waals surface area contributed by atoms with Gasteiger partial charge >= 0.3 is 5.97 Å². The molecule has 0 aromatic rings. The lowest BCUT2D eigenvalue weighted by molar-refractivity contribution is -0.137. The lowest BCUT2D eigenvalue weighted by Crippen LogP contribution is -1.98. The number of carboxylic acids is 1. The number of allylic oxidation sites excluding steroid dienone is 4. The van der Waals surface area contributed by atoms with Crippen LogP contribution in [0.1, 0.15) is 117 Å². The first-order valence-electron chi connectivity index (χ1n) is 20.2. The van der Waals surface area contributed by atoms with Gasteiger partial charge in [0.25, 0.3) is 0 Å². The van der Waals surface area contributed by atoms with Gasteiger partial charge in [0, 0.05) is 36.5 Å². The number of aliphatic carboxylic acids is 1. The fourth-order valence-corrected chi connectivity index (χ4v) is 0.641. The van der Waals surface area contributed by atoms with E-state index >= 15 is 0 Å². The summed E-state index contributed by atoms with van der Waals surface area (Å²) in [6.45, 7) is 0.492. The van der Waals surface area contributed by atoms with E-state index in [4.69, 9.17) is 44.9 Å². The van der Waals surface area contributed by atoms with Gasteiger partial charge in [0.1, 0.15) is 0 Å². The highest BCUT2D eigenvalue weighted by atomic mass is 16.4. The van der Waals surface area contributed by atoms with Crippen molar-refractivity contribution in [2.45, 2.75) is 83.1 Å². The van der Waals surface area contributed by atoms with Gasteiger partial charge in [-0.2, -0.15) is 0 Å². The molecule has 0 rings (SSSR count). The summed E-state index contributed by atoms with van der Waals surface area (Å²) in [6, 6.07) is -13.0. The molecule has 0 amide bonds. The first-order valence-corrected chi connectivity index (χ1v) is 5.65. The molecule has 132 valence electrons. The van der Waals surface area contributed by atoms with Crippen LogP contribution in [0.4, 0.5) is 0 Å². The maximum atomic E-state index is 11.3. The second-order valence-corrected chi connectivity index (χ2v) is 2.90. The first kappa shape index (κ1) is 3.75. The number of hydrogen-bond donors (Lipinski definition) is 2. The van der Waals surface area contributed by atoms with Gasteiger partial charge in [-0.1, -0.05) is 68.7 Å². The van der Waals surface area contributed by atoms with Crippen LogP contribution >= 0.6 is 0 Å². The van der Waals surface area contributed by atoms with Crippen LogP contribution in [0.2, 0.25) is 0 Å². The third-order valence-corrected chi connectivity index (χ3v) is 1.34. The number of carbonyl (C=O) groups is 1. The van der Waals surface area contributed by atoms with Crippen molar-refractivity contribution in [3.05, 3.63) is 36.3 Å². The van der Waals surface area contributed by atoms with Crippen LogP contribution in [0, 0.1) is 0 Å². The highest BCUT2D eigenvalue weighted by Crippen LogP contribution is 2.06. The summed E-state index contributed by atoms with van der Waals surface area (Å²) >= 11 is 0. The second kappa shape index (κ2) is 17.0. The van der Waals surface area contributed by atoms with E-state index in [0.717, 1.165) is 0 Å². The molecule has 1 atom stereocenters. The largest absolute Gasteiger partial charge is 0.481 e. The first-order chi connectivity index (χ1) is 22.1. The van der Waals surface area contributed by atoms with Crippen LogP contribution in [-0.2, 0) is 4.79 Å². The molecule has 0 radical (unpaired) electrons. The van der Waals surface area contributed by atoms with E-state index in [1.165, 1.54) is 0 Å². The predicted molar refractivity (Wildman–Crippen MR) is 97.5 cm³/mol. The summed E-state index contributed by atoms with van der Waals surface area (Å²) < 4.78 is 228. The van der Waals surface area contributed by atoms with E-state index in [2.05, 4.69) is 0 Å². The fraction of sp³-hybridized carbons (Fsp3) is 0.650. The van der Waals surface area contributed by atoms with Crippen LogP contribution in [0.5, 0.6) is 0 Å². The molecular weight excluding hydrogens is 288 g/mol. The highest BCUT2D eigenvalue weighted by molar-refractivity contribution is 5.66. The van der Waals surface area contributed by atoms with Crippen molar-refractivity contribution in [2.24, 2.45) is 0 Å². The molecule has 0 bridgehead atoms. The zero-order valence-corrected chi connectivity index (χ0v) is 11.8. The Kier molecular flexibility index (Phi) is 2.77. The summed E-state index contributed by atoms with van der Waals surface area (Å²) in [7, 11) is 0. The van der Waals surface area contributed by atoms with Crippen molar-refractivity contribution in [3.63, 3.8) is 0 Å². The Hall–Kier alpha value is -1.35. The average molecular weight is 352 g/mol. The van der Waals surface area contributed by atoms with Gasteiger partial charge in [0.2, 0.25) is 0 Å². The maximum absolute atomic E-state index is 11.3. The predicted octanol–water partition coefficient (Wildman–Crippen LogP) is 5.41. The van der Waals surface area contributed by atoms with Gasteiger partial charge < -0.3 is 10.2 Å². The number of aliphatic hydroxyl groups is 1. The molecular formula is C20H34O3. The molecule has 0 aliphatic rings. The lowest BCUT2D eigenvalue weighted by atomic mass is 10.1. The van der Waals surface area contributed by atoms with Crippen LogP contribution < -0.4 is 0 Å². The molecule has 2 N–H and O–H groups in total. The molecule has 0 unspecified atom stereocenters. The Morgan fingerprint density at radius 1 is 1.09 bits per heavy atom. The number of hydrogen-bond acceptors (Lipinski definition) is 2. The Balaban J connectivity index is 7.56. The SMILES string of the molecule is [2H]C(=C(\[2H])C([2H])([2H])C([2H])([2H])C([2H])([2H])C([2H])([2H])C([2H])([2H])C([2H])([2H])C(=O)O)/C([2H])=C(\[2H])[C@@]([2H])(O)C([2H])([2H])/C([2H])=C(/[2H])C([2H])([2H])C([2H])([2H])C([2H])([2H])C([2H])([2H])C. The summed E-state index contributed by atoms with van der Waals surface area (Å²) in [5, 5.41) is 19.7. The van der Waals surface area contributed by atoms with Gasteiger partial charge in [-0.05, 0) is 38.2 Å². The van der Waals surface area contributed by atoms with Crippen LogP contribution in [0.15, 0.2) is 36.3 Å². The molecule has 3 nitrogen and oxygen atoms in total. The molecule has 0 aromatic carbocycles. The number of carboxylic acid groups (broad SMARTS) is 1. The highest BCUT2D eigenvalue weighted by Gasteiger charge is 1.95. The van der Waals surface area contributed by atoms with E-state index in [9.17, 15) is 9.90 Å². The Morgan fingerprint density at radius 3 is 2.52 bits per heavy atom. The van der Waals surface area contributed by atoms with E-state index < -0.39 is 118 Å². The maximum Gasteiger partial charge on any atom is 0.303 e. The van der Waals surface area contributed by atoms with E-state index in [1.807, 2.05) is 0 Å². The molecule has 0 fully saturated rings. The minimum absolute atomic E-state index is 0.492. The van der Waals surface area contributed by atoms with Gasteiger partial charge in [0.15, 0.2) is 0 Å². The van der Waals surface area contributed by atoms with Crippen molar-refractivity contribution in [3.8, 4) is 0 Å². The van der Waals surface area contributed by atoms with Crippen molar-refractivity contribution < 1.29 is 54.8 Å². The van der Waals surface area contributed by atoms with Crippen LogP contribution in [-0.4, -0.2) is 22.3 Å². The molecule has 0 heterocycles. The lowest BCUT2D eigenvalue weighted by Gasteiger charge is -1.99. The quantitative estimate of drug-likeness (QED) is 0.306. The Bertz CT molecular complexity index is 1490. The van der Waals surface area contributed by atoms with Crippen molar-refractivity contribution in [2.75, 3.05) is 0 Å². The molecule has 0 saturated carbocycles. The summed E-state index contributed by atoms with van der Waals surface area (Å²) in [6.07, 6.45) is -51.2. The molecule has 0 saturated heterocycles. The van der Waals surface area contributed by atoms with E-state index in [1.54, 1.807) is 0 Å². The summed E-state index contributed by atoms with van der Waals surface area (Å²) in [5.74, 6) is -2.69. The topological polar surface area (TPSA) is 57.5 Å². The second-order valence-electron chi connectivity index (χ2n) is 2.90. The van der Waals surface area contributed by atoms with Crippen molar-refractivity contribution >= 4 is 5.97 Å². The number of rotatable bonds is 15. The minimum atomic E-state index is -4.68. The summed E-state index contributed by atoms with van der Waals surface area (Å²) in [4.78, 5) is 11.3. The smallest absolute Gasteiger partial charge is 0.303 e. The van der Waals surface area contributed by atoms with Crippen molar-refractivity contribution in [1.82, 2.24) is 0 Å². The average Bonchev–Trinajstić information content (AvgIpc) is 2.96.